The molecule has 3 heterocycles. The van der Waals surface area contributed by atoms with Gasteiger partial charge in [0.1, 0.15) is 11.3 Å². The van der Waals surface area contributed by atoms with E-state index >= 15 is 0 Å². The first-order chi connectivity index (χ1) is 8.66. The normalized spacial score (nSPS) is 28.1. The zero-order valence-electron chi connectivity index (χ0n) is 10.8. The zero-order valence-corrected chi connectivity index (χ0v) is 10.8. The van der Waals surface area contributed by atoms with Gasteiger partial charge in [-0.05, 0) is 26.0 Å². The Hall–Kier alpha value is -1.46. The standard InChI is InChI=1S/C13H18N4O/c1-3-17-11-9(5-4-6-15-11)16-12(17)13(2)8-18-7-10(13)14/h4-6,10H,3,7-8,14H2,1-2H3. The van der Waals surface area contributed by atoms with Crippen molar-refractivity contribution in [2.24, 2.45) is 5.73 Å². The minimum absolute atomic E-state index is 0.0142. The van der Waals surface area contributed by atoms with Crippen LogP contribution in [0.5, 0.6) is 0 Å². The number of hydrogen-bond acceptors (Lipinski definition) is 4. The molecule has 18 heavy (non-hydrogen) atoms. The van der Waals surface area contributed by atoms with Crippen LogP contribution in [-0.4, -0.2) is 33.8 Å². The molecule has 96 valence electrons. The Labute approximate surface area is 106 Å². The Balaban J connectivity index is 2.22. The number of rotatable bonds is 2. The maximum Gasteiger partial charge on any atom is 0.159 e. The fraction of sp³-hybridized carbons (Fsp3) is 0.538. The van der Waals surface area contributed by atoms with Crippen molar-refractivity contribution >= 4 is 11.2 Å². The van der Waals surface area contributed by atoms with Crippen molar-refractivity contribution < 1.29 is 4.74 Å². The lowest BCUT2D eigenvalue weighted by Crippen LogP contribution is -2.43. The van der Waals surface area contributed by atoms with Crippen LogP contribution in [0.1, 0.15) is 19.7 Å². The molecule has 1 aliphatic rings. The second-order valence-electron chi connectivity index (χ2n) is 5.06. The largest absolute Gasteiger partial charge is 0.379 e. The fourth-order valence-corrected chi connectivity index (χ4v) is 2.61. The molecule has 0 saturated carbocycles. The van der Waals surface area contributed by atoms with Crippen LogP contribution in [0.3, 0.4) is 0 Å². The molecule has 2 aromatic rings. The molecule has 0 aliphatic carbocycles. The van der Waals surface area contributed by atoms with E-state index in [1.54, 1.807) is 6.20 Å². The molecule has 3 rings (SSSR count). The summed E-state index contributed by atoms with van der Waals surface area (Å²) in [4.78, 5) is 9.15. The number of aryl methyl sites for hydroxylation is 1. The van der Waals surface area contributed by atoms with Gasteiger partial charge in [-0.3, -0.25) is 0 Å². The maximum atomic E-state index is 6.19. The molecule has 5 heteroatoms. The molecule has 2 aromatic heterocycles. The van der Waals surface area contributed by atoms with Gasteiger partial charge in [-0.15, -0.1) is 0 Å². The molecule has 0 radical (unpaired) electrons. The van der Waals surface area contributed by atoms with Crippen molar-refractivity contribution in [3.05, 3.63) is 24.2 Å². The van der Waals surface area contributed by atoms with Crippen molar-refractivity contribution in [2.75, 3.05) is 13.2 Å². The third-order valence-electron chi connectivity index (χ3n) is 3.85. The predicted molar refractivity (Wildman–Crippen MR) is 69.3 cm³/mol. The number of fused-ring (bicyclic) bond motifs is 1. The minimum Gasteiger partial charge on any atom is -0.379 e. The average molecular weight is 246 g/mol. The average Bonchev–Trinajstić information content (AvgIpc) is 2.91. The van der Waals surface area contributed by atoms with Gasteiger partial charge in [-0.25, -0.2) is 9.97 Å². The second-order valence-corrected chi connectivity index (χ2v) is 5.06. The number of aromatic nitrogens is 3. The molecule has 1 fully saturated rings. The molecular formula is C13H18N4O. The van der Waals surface area contributed by atoms with Crippen LogP contribution >= 0.6 is 0 Å². The van der Waals surface area contributed by atoms with E-state index in [0.717, 1.165) is 23.5 Å². The van der Waals surface area contributed by atoms with Crippen LogP contribution in [0.4, 0.5) is 0 Å². The summed E-state index contributed by atoms with van der Waals surface area (Å²) in [7, 11) is 0. The van der Waals surface area contributed by atoms with Crippen LogP contribution in [0, 0.1) is 0 Å². The van der Waals surface area contributed by atoms with Gasteiger partial charge in [0.15, 0.2) is 5.65 Å². The molecule has 2 atom stereocenters. The Bertz CT molecular complexity index is 579. The van der Waals surface area contributed by atoms with E-state index < -0.39 is 0 Å². The summed E-state index contributed by atoms with van der Waals surface area (Å²) in [6.07, 6.45) is 1.80. The Morgan fingerprint density at radius 2 is 2.44 bits per heavy atom. The number of imidazole rings is 1. The van der Waals surface area contributed by atoms with Crippen LogP contribution < -0.4 is 5.73 Å². The fourth-order valence-electron chi connectivity index (χ4n) is 2.61. The molecule has 0 amide bonds. The molecule has 1 saturated heterocycles. The van der Waals surface area contributed by atoms with Crippen molar-refractivity contribution in [2.45, 2.75) is 31.8 Å². The van der Waals surface area contributed by atoms with Crippen molar-refractivity contribution in [3.8, 4) is 0 Å². The Morgan fingerprint density at radius 3 is 3.11 bits per heavy atom. The summed E-state index contributed by atoms with van der Waals surface area (Å²) in [6, 6.07) is 3.88. The monoisotopic (exact) mass is 246 g/mol. The third kappa shape index (κ3) is 1.47. The minimum atomic E-state index is -0.225. The summed E-state index contributed by atoms with van der Waals surface area (Å²) in [5, 5.41) is 0. The quantitative estimate of drug-likeness (QED) is 0.860. The van der Waals surface area contributed by atoms with E-state index in [4.69, 9.17) is 15.5 Å². The predicted octanol–water partition coefficient (Wildman–Crippen LogP) is 1.07. The molecule has 5 nitrogen and oxygen atoms in total. The highest BCUT2D eigenvalue weighted by Gasteiger charge is 2.43. The van der Waals surface area contributed by atoms with Gasteiger partial charge >= 0.3 is 0 Å². The number of pyridine rings is 1. The van der Waals surface area contributed by atoms with Gasteiger partial charge in [0.05, 0.1) is 18.6 Å². The third-order valence-corrected chi connectivity index (χ3v) is 3.85. The maximum absolute atomic E-state index is 6.19. The molecule has 2 N–H and O–H groups in total. The van der Waals surface area contributed by atoms with Crippen molar-refractivity contribution in [1.82, 2.24) is 14.5 Å². The second kappa shape index (κ2) is 4.03. The Morgan fingerprint density at radius 1 is 1.61 bits per heavy atom. The number of ether oxygens (including phenoxy) is 1. The van der Waals surface area contributed by atoms with E-state index in [-0.39, 0.29) is 11.5 Å². The van der Waals surface area contributed by atoms with E-state index in [2.05, 4.69) is 23.4 Å². The van der Waals surface area contributed by atoms with E-state index in [9.17, 15) is 0 Å². The molecule has 1 aliphatic heterocycles. The number of nitrogens with zero attached hydrogens (tertiary/aromatic N) is 3. The first-order valence-electron chi connectivity index (χ1n) is 6.32. The summed E-state index contributed by atoms with van der Waals surface area (Å²) in [6.45, 7) is 6.28. The van der Waals surface area contributed by atoms with Gasteiger partial charge in [0.25, 0.3) is 0 Å². The smallest absolute Gasteiger partial charge is 0.159 e. The first kappa shape index (κ1) is 11.6. The van der Waals surface area contributed by atoms with Crippen molar-refractivity contribution in [1.29, 1.82) is 0 Å². The highest BCUT2D eigenvalue weighted by molar-refractivity contribution is 5.71. The zero-order chi connectivity index (χ0) is 12.8. The van der Waals surface area contributed by atoms with Gasteiger partial charge in [-0.2, -0.15) is 0 Å². The van der Waals surface area contributed by atoms with Gasteiger partial charge in [0.2, 0.25) is 0 Å². The summed E-state index contributed by atoms with van der Waals surface area (Å²) >= 11 is 0. The van der Waals surface area contributed by atoms with E-state index in [1.807, 2.05) is 12.1 Å². The SMILES string of the molecule is CCn1c(C2(C)COCC2N)nc2cccnc21. The van der Waals surface area contributed by atoms with Crippen LogP contribution in [0.25, 0.3) is 11.2 Å². The lowest BCUT2D eigenvalue weighted by molar-refractivity contribution is 0.177. The van der Waals surface area contributed by atoms with Crippen LogP contribution in [0.15, 0.2) is 18.3 Å². The Kier molecular flexibility index (Phi) is 2.60. The molecular weight excluding hydrogens is 228 g/mol. The molecule has 0 bridgehead atoms. The molecule has 2 unspecified atom stereocenters. The van der Waals surface area contributed by atoms with Gasteiger partial charge < -0.3 is 15.0 Å². The van der Waals surface area contributed by atoms with E-state index in [0.29, 0.717) is 13.2 Å². The van der Waals surface area contributed by atoms with Gasteiger partial charge in [0, 0.05) is 18.8 Å². The van der Waals surface area contributed by atoms with Crippen molar-refractivity contribution in [3.63, 3.8) is 0 Å². The number of nitrogens with two attached hydrogens (primary N) is 1. The summed E-state index contributed by atoms with van der Waals surface area (Å²) < 4.78 is 7.67. The highest BCUT2D eigenvalue weighted by Crippen LogP contribution is 2.32. The summed E-state index contributed by atoms with van der Waals surface area (Å²) in [5.41, 5.74) is 7.82. The summed E-state index contributed by atoms with van der Waals surface area (Å²) in [5.74, 6) is 0.990. The lowest BCUT2D eigenvalue weighted by Gasteiger charge is -2.26. The van der Waals surface area contributed by atoms with Gasteiger partial charge in [-0.1, -0.05) is 0 Å². The van der Waals surface area contributed by atoms with Crippen LogP contribution in [0.2, 0.25) is 0 Å². The van der Waals surface area contributed by atoms with Crippen LogP contribution in [-0.2, 0) is 16.7 Å². The molecule has 0 aromatic carbocycles. The highest BCUT2D eigenvalue weighted by atomic mass is 16.5. The first-order valence-corrected chi connectivity index (χ1v) is 6.32. The number of hydrogen-bond donors (Lipinski definition) is 1. The molecule has 0 spiro atoms. The lowest BCUT2D eigenvalue weighted by atomic mass is 9.85. The topological polar surface area (TPSA) is 66.0 Å². The van der Waals surface area contributed by atoms with E-state index in [1.165, 1.54) is 0 Å².